The molecule has 20 heavy (non-hydrogen) atoms. The minimum absolute atomic E-state index is 0.0299. The number of amides is 1. The molecule has 0 N–H and O–H groups in total. The Bertz CT molecular complexity index is 458. The van der Waals surface area contributed by atoms with Crippen molar-refractivity contribution in [1.82, 2.24) is 4.90 Å². The second-order valence-electron chi connectivity index (χ2n) is 5.53. The van der Waals surface area contributed by atoms with Crippen LogP contribution in [-0.4, -0.2) is 36.5 Å². The second kappa shape index (κ2) is 6.89. The molecule has 0 aromatic heterocycles. The average molecular weight is 274 g/mol. The van der Waals surface area contributed by atoms with E-state index in [1.807, 2.05) is 17.9 Å². The first-order valence-electron chi connectivity index (χ1n) is 7.82. The van der Waals surface area contributed by atoms with Crippen LogP contribution < -0.4 is 4.90 Å². The fourth-order valence-electron chi connectivity index (χ4n) is 2.94. The summed E-state index contributed by atoms with van der Waals surface area (Å²) in [4.78, 5) is 17.0. The SMILES string of the molecule is CCCCN(CC)C(C)C(=O)N1CCc2ccccc21. The molecule has 0 saturated carbocycles. The molecule has 0 fully saturated rings. The highest BCUT2D eigenvalue weighted by Gasteiger charge is 2.29. The van der Waals surface area contributed by atoms with Gasteiger partial charge in [0.15, 0.2) is 0 Å². The molecule has 1 aromatic carbocycles. The van der Waals surface area contributed by atoms with Crippen LogP contribution in [0.4, 0.5) is 5.69 Å². The Balaban J connectivity index is 2.07. The summed E-state index contributed by atoms with van der Waals surface area (Å²) < 4.78 is 0. The normalized spacial score (nSPS) is 15.5. The molecule has 0 bridgehead atoms. The molecule has 0 spiro atoms. The van der Waals surface area contributed by atoms with Gasteiger partial charge in [-0.15, -0.1) is 0 Å². The van der Waals surface area contributed by atoms with E-state index in [2.05, 4.69) is 36.9 Å². The maximum Gasteiger partial charge on any atom is 0.244 e. The maximum absolute atomic E-state index is 12.8. The summed E-state index contributed by atoms with van der Waals surface area (Å²) in [6, 6.07) is 8.23. The lowest BCUT2D eigenvalue weighted by Gasteiger charge is -2.30. The first kappa shape index (κ1) is 15.0. The van der Waals surface area contributed by atoms with Crippen LogP contribution in [0.2, 0.25) is 0 Å². The first-order chi connectivity index (χ1) is 9.69. The molecular formula is C17H26N2O. The highest BCUT2D eigenvalue weighted by atomic mass is 16.2. The molecule has 110 valence electrons. The minimum atomic E-state index is -0.0299. The summed E-state index contributed by atoms with van der Waals surface area (Å²) in [5.74, 6) is 0.243. The van der Waals surface area contributed by atoms with Gasteiger partial charge in [-0.1, -0.05) is 38.5 Å². The fourth-order valence-corrected chi connectivity index (χ4v) is 2.94. The highest BCUT2D eigenvalue weighted by Crippen LogP contribution is 2.28. The number of anilines is 1. The lowest BCUT2D eigenvalue weighted by atomic mass is 10.1. The number of carbonyl (C=O) groups excluding carboxylic acids is 1. The monoisotopic (exact) mass is 274 g/mol. The van der Waals surface area contributed by atoms with Crippen LogP contribution in [0.1, 0.15) is 39.2 Å². The molecule has 1 aromatic rings. The number of para-hydroxylation sites is 1. The van der Waals surface area contributed by atoms with Gasteiger partial charge >= 0.3 is 0 Å². The van der Waals surface area contributed by atoms with Gasteiger partial charge in [-0.3, -0.25) is 9.69 Å². The predicted octanol–water partition coefficient (Wildman–Crippen LogP) is 3.09. The summed E-state index contributed by atoms with van der Waals surface area (Å²) in [6.07, 6.45) is 3.31. The molecule has 1 aliphatic rings. The Morgan fingerprint density at radius 3 is 2.80 bits per heavy atom. The van der Waals surface area contributed by atoms with Crippen LogP contribution >= 0.6 is 0 Å². The summed E-state index contributed by atoms with van der Waals surface area (Å²) in [5, 5.41) is 0. The van der Waals surface area contributed by atoms with Crippen molar-refractivity contribution in [2.75, 3.05) is 24.5 Å². The zero-order chi connectivity index (χ0) is 14.5. The Hall–Kier alpha value is -1.35. The summed E-state index contributed by atoms with van der Waals surface area (Å²) in [6.45, 7) is 9.14. The molecule has 3 nitrogen and oxygen atoms in total. The molecule has 0 saturated heterocycles. The van der Waals surface area contributed by atoms with Crippen LogP contribution in [0.25, 0.3) is 0 Å². The zero-order valence-electron chi connectivity index (χ0n) is 12.9. The smallest absolute Gasteiger partial charge is 0.244 e. The Kier molecular flexibility index (Phi) is 5.18. The van der Waals surface area contributed by atoms with Gasteiger partial charge < -0.3 is 4.90 Å². The highest BCUT2D eigenvalue weighted by molar-refractivity contribution is 5.98. The molecular weight excluding hydrogens is 248 g/mol. The van der Waals surface area contributed by atoms with Crippen LogP contribution in [0.3, 0.4) is 0 Å². The number of likely N-dealkylation sites (N-methyl/N-ethyl adjacent to an activating group) is 1. The molecule has 1 amide bonds. The predicted molar refractivity (Wildman–Crippen MR) is 84.1 cm³/mol. The summed E-state index contributed by atoms with van der Waals surface area (Å²) in [5.41, 5.74) is 2.40. The average Bonchev–Trinajstić information content (AvgIpc) is 2.91. The van der Waals surface area contributed by atoms with Crippen molar-refractivity contribution < 1.29 is 4.79 Å². The standard InChI is InChI=1S/C17H26N2O/c1-4-6-12-18(5-2)14(3)17(20)19-13-11-15-9-7-8-10-16(15)19/h7-10,14H,4-6,11-13H2,1-3H3. The number of carbonyl (C=O) groups is 1. The van der Waals surface area contributed by atoms with Crippen molar-refractivity contribution in [1.29, 1.82) is 0 Å². The fraction of sp³-hybridized carbons (Fsp3) is 0.588. The third-order valence-electron chi connectivity index (χ3n) is 4.26. The Morgan fingerprint density at radius 2 is 2.10 bits per heavy atom. The van der Waals surface area contributed by atoms with Gasteiger partial charge in [0.25, 0.3) is 0 Å². The summed E-state index contributed by atoms with van der Waals surface area (Å²) in [7, 11) is 0. The van der Waals surface area contributed by atoms with E-state index in [-0.39, 0.29) is 11.9 Å². The topological polar surface area (TPSA) is 23.6 Å². The molecule has 1 heterocycles. The minimum Gasteiger partial charge on any atom is -0.310 e. The van der Waals surface area contributed by atoms with Gasteiger partial charge in [-0.05, 0) is 44.5 Å². The zero-order valence-corrected chi connectivity index (χ0v) is 12.9. The van der Waals surface area contributed by atoms with E-state index >= 15 is 0 Å². The number of fused-ring (bicyclic) bond motifs is 1. The van der Waals surface area contributed by atoms with Crippen molar-refractivity contribution >= 4 is 11.6 Å². The van der Waals surface area contributed by atoms with E-state index in [0.717, 1.165) is 38.2 Å². The van der Waals surface area contributed by atoms with Crippen molar-refractivity contribution in [3.8, 4) is 0 Å². The van der Waals surface area contributed by atoms with Gasteiger partial charge in [0.1, 0.15) is 0 Å². The Morgan fingerprint density at radius 1 is 1.35 bits per heavy atom. The van der Waals surface area contributed by atoms with E-state index in [4.69, 9.17) is 0 Å². The maximum atomic E-state index is 12.8. The van der Waals surface area contributed by atoms with Gasteiger partial charge in [0, 0.05) is 12.2 Å². The van der Waals surface area contributed by atoms with Crippen molar-refractivity contribution in [3.05, 3.63) is 29.8 Å². The third-order valence-corrected chi connectivity index (χ3v) is 4.26. The number of hydrogen-bond donors (Lipinski definition) is 0. The van der Waals surface area contributed by atoms with E-state index in [0.29, 0.717) is 0 Å². The quantitative estimate of drug-likeness (QED) is 0.796. The number of hydrogen-bond acceptors (Lipinski definition) is 2. The molecule has 0 radical (unpaired) electrons. The Labute approximate surface area is 122 Å². The second-order valence-corrected chi connectivity index (χ2v) is 5.53. The molecule has 2 rings (SSSR count). The molecule has 1 unspecified atom stereocenters. The van der Waals surface area contributed by atoms with Gasteiger partial charge in [0.05, 0.1) is 6.04 Å². The molecule has 1 aliphatic heterocycles. The van der Waals surface area contributed by atoms with Gasteiger partial charge in [-0.25, -0.2) is 0 Å². The van der Waals surface area contributed by atoms with Crippen molar-refractivity contribution in [2.24, 2.45) is 0 Å². The third kappa shape index (κ3) is 3.04. The van der Waals surface area contributed by atoms with Crippen LogP contribution in [0.5, 0.6) is 0 Å². The number of nitrogens with zero attached hydrogens (tertiary/aromatic N) is 2. The largest absolute Gasteiger partial charge is 0.310 e. The van der Waals surface area contributed by atoms with E-state index in [1.54, 1.807) is 0 Å². The van der Waals surface area contributed by atoms with Crippen LogP contribution in [-0.2, 0) is 11.2 Å². The van der Waals surface area contributed by atoms with Crippen molar-refractivity contribution in [3.63, 3.8) is 0 Å². The van der Waals surface area contributed by atoms with E-state index in [9.17, 15) is 4.79 Å². The number of benzene rings is 1. The number of unbranched alkanes of at least 4 members (excludes halogenated alkanes) is 1. The van der Waals surface area contributed by atoms with Crippen molar-refractivity contribution in [2.45, 2.75) is 46.1 Å². The molecule has 3 heteroatoms. The van der Waals surface area contributed by atoms with E-state index in [1.165, 1.54) is 12.0 Å². The van der Waals surface area contributed by atoms with Crippen LogP contribution in [0, 0.1) is 0 Å². The van der Waals surface area contributed by atoms with Gasteiger partial charge in [0.2, 0.25) is 5.91 Å². The lowest BCUT2D eigenvalue weighted by molar-refractivity contribution is -0.123. The van der Waals surface area contributed by atoms with E-state index < -0.39 is 0 Å². The van der Waals surface area contributed by atoms with Gasteiger partial charge in [-0.2, -0.15) is 0 Å². The first-order valence-corrected chi connectivity index (χ1v) is 7.82. The molecule has 1 atom stereocenters. The lowest BCUT2D eigenvalue weighted by Crippen LogP contribution is -2.47. The number of rotatable bonds is 6. The van der Waals surface area contributed by atoms with Crippen LogP contribution in [0.15, 0.2) is 24.3 Å². The molecule has 0 aliphatic carbocycles. The summed E-state index contributed by atoms with van der Waals surface area (Å²) >= 11 is 0.